The van der Waals surface area contributed by atoms with E-state index in [1.807, 2.05) is 25.1 Å². The van der Waals surface area contributed by atoms with Crippen LogP contribution in [-0.2, 0) is 4.74 Å². The number of hydrogen-bond acceptors (Lipinski definition) is 4. The first-order valence-corrected chi connectivity index (χ1v) is 8.99. The van der Waals surface area contributed by atoms with Crippen LogP contribution in [0.4, 0.5) is 4.39 Å². The Kier molecular flexibility index (Phi) is 4.72. The number of methoxy groups -OCH3 is 1. The van der Waals surface area contributed by atoms with E-state index in [0.29, 0.717) is 33.4 Å². The molecule has 0 aliphatic heterocycles. The van der Waals surface area contributed by atoms with Gasteiger partial charge in [-0.05, 0) is 72.1 Å². The molecule has 1 heterocycles. The van der Waals surface area contributed by atoms with E-state index in [1.165, 1.54) is 19.2 Å². The Morgan fingerprint density at radius 2 is 1.72 bits per heavy atom. The van der Waals surface area contributed by atoms with Gasteiger partial charge in [-0.25, -0.2) is 9.18 Å². The highest BCUT2D eigenvalue weighted by Crippen LogP contribution is 2.36. The van der Waals surface area contributed by atoms with Crippen molar-refractivity contribution in [3.8, 4) is 22.5 Å². The van der Waals surface area contributed by atoms with Crippen LogP contribution < -0.4 is 0 Å². The van der Waals surface area contributed by atoms with Gasteiger partial charge in [0.15, 0.2) is 6.29 Å². The Labute approximate surface area is 166 Å². The summed E-state index contributed by atoms with van der Waals surface area (Å²) in [5, 5.41) is 0.652. The normalized spacial score (nSPS) is 10.9. The maximum absolute atomic E-state index is 13.2. The first kappa shape index (κ1) is 18.6. The molecule has 4 nitrogen and oxygen atoms in total. The lowest BCUT2D eigenvalue weighted by atomic mass is 9.96. The first-order valence-electron chi connectivity index (χ1n) is 8.99. The van der Waals surface area contributed by atoms with Crippen LogP contribution in [-0.4, -0.2) is 19.4 Å². The summed E-state index contributed by atoms with van der Waals surface area (Å²) in [5.41, 5.74) is 4.70. The maximum atomic E-state index is 13.2. The van der Waals surface area contributed by atoms with Crippen molar-refractivity contribution < 1.29 is 23.1 Å². The summed E-state index contributed by atoms with van der Waals surface area (Å²) in [6.07, 6.45) is 0.742. The average Bonchev–Trinajstić information content (AvgIpc) is 3.11. The second-order valence-electron chi connectivity index (χ2n) is 6.70. The van der Waals surface area contributed by atoms with E-state index < -0.39 is 5.97 Å². The summed E-state index contributed by atoms with van der Waals surface area (Å²) in [4.78, 5) is 23.7. The number of furan rings is 1. The van der Waals surface area contributed by atoms with Crippen LogP contribution in [0.15, 0.2) is 65.1 Å². The lowest BCUT2D eigenvalue weighted by molar-refractivity contribution is 0.0600. The van der Waals surface area contributed by atoms with Crippen molar-refractivity contribution in [2.75, 3.05) is 7.11 Å². The van der Waals surface area contributed by atoms with E-state index in [9.17, 15) is 14.0 Å². The van der Waals surface area contributed by atoms with Crippen LogP contribution in [0, 0.1) is 12.7 Å². The number of esters is 1. The zero-order valence-electron chi connectivity index (χ0n) is 15.9. The van der Waals surface area contributed by atoms with Gasteiger partial charge in [0.05, 0.1) is 18.2 Å². The molecule has 0 atom stereocenters. The Balaban J connectivity index is 1.88. The van der Waals surface area contributed by atoms with Crippen LogP contribution in [0.2, 0.25) is 0 Å². The summed E-state index contributed by atoms with van der Waals surface area (Å²) in [6, 6.07) is 16.6. The molecule has 0 fully saturated rings. The van der Waals surface area contributed by atoms with Gasteiger partial charge in [0.25, 0.3) is 0 Å². The Hall–Kier alpha value is -3.73. The first-order chi connectivity index (χ1) is 14.0. The van der Waals surface area contributed by atoms with E-state index in [0.717, 1.165) is 23.0 Å². The molecule has 0 unspecified atom stereocenters. The zero-order chi connectivity index (χ0) is 20.5. The molecule has 5 heteroatoms. The molecule has 0 N–H and O–H groups in total. The molecule has 0 bridgehead atoms. The van der Waals surface area contributed by atoms with Gasteiger partial charge in [-0.15, -0.1) is 0 Å². The van der Waals surface area contributed by atoms with E-state index in [4.69, 9.17) is 9.15 Å². The molecule has 3 aromatic carbocycles. The van der Waals surface area contributed by atoms with E-state index >= 15 is 0 Å². The van der Waals surface area contributed by atoms with Gasteiger partial charge in [-0.1, -0.05) is 12.1 Å². The smallest absolute Gasteiger partial charge is 0.337 e. The summed E-state index contributed by atoms with van der Waals surface area (Å²) in [5.74, 6) is -0.379. The molecule has 4 aromatic rings. The fourth-order valence-corrected chi connectivity index (χ4v) is 3.39. The number of carbonyl (C=O) groups excluding carboxylic acids is 2. The van der Waals surface area contributed by atoms with Crippen LogP contribution in [0.5, 0.6) is 0 Å². The minimum absolute atomic E-state index is 0.360. The van der Waals surface area contributed by atoms with Crippen molar-refractivity contribution in [2.24, 2.45) is 0 Å². The number of rotatable bonds is 4. The van der Waals surface area contributed by atoms with Gasteiger partial charge in [0.1, 0.15) is 17.2 Å². The molecule has 0 amide bonds. The number of ether oxygens (including phenoxy) is 1. The molecule has 0 radical (unpaired) electrons. The Morgan fingerprint density at radius 3 is 2.41 bits per heavy atom. The summed E-state index contributed by atoms with van der Waals surface area (Å²) < 4.78 is 23.9. The lowest BCUT2D eigenvalue weighted by Gasteiger charge is -2.08. The topological polar surface area (TPSA) is 56.5 Å². The van der Waals surface area contributed by atoms with Crippen molar-refractivity contribution >= 4 is 23.2 Å². The maximum Gasteiger partial charge on any atom is 0.337 e. The summed E-state index contributed by atoms with van der Waals surface area (Å²) in [6.45, 7) is 1.94. The van der Waals surface area contributed by atoms with Crippen molar-refractivity contribution in [1.82, 2.24) is 0 Å². The predicted octanol–water partition coefficient (Wildman–Crippen LogP) is 5.81. The van der Waals surface area contributed by atoms with Gasteiger partial charge in [-0.2, -0.15) is 0 Å². The molecule has 0 aliphatic carbocycles. The molecule has 0 aliphatic rings. The largest absolute Gasteiger partial charge is 0.465 e. The molecular weight excluding hydrogens is 371 g/mol. The van der Waals surface area contributed by atoms with E-state index in [2.05, 4.69) is 0 Å². The zero-order valence-corrected chi connectivity index (χ0v) is 15.9. The number of hydrogen-bond donors (Lipinski definition) is 0. The molecule has 1 aromatic heterocycles. The van der Waals surface area contributed by atoms with Crippen molar-refractivity contribution in [2.45, 2.75) is 6.92 Å². The molecule has 0 spiro atoms. The van der Waals surface area contributed by atoms with Crippen molar-refractivity contribution in [3.63, 3.8) is 0 Å². The number of benzene rings is 3. The standard InChI is InChI=1S/C24H17FO4/c1-14-3-4-17(24(27)28-2)12-19(14)16-7-10-22-20(11-16)21(13-26)23(29-22)15-5-8-18(25)9-6-15/h3-13H,1-2H3. The number of fused-ring (bicyclic) bond motifs is 1. The molecule has 4 rings (SSSR count). The quantitative estimate of drug-likeness (QED) is 0.327. The monoisotopic (exact) mass is 388 g/mol. The number of carbonyl (C=O) groups is 2. The molecule has 29 heavy (non-hydrogen) atoms. The third kappa shape index (κ3) is 3.31. The second-order valence-corrected chi connectivity index (χ2v) is 6.70. The van der Waals surface area contributed by atoms with E-state index in [1.54, 1.807) is 30.3 Å². The van der Waals surface area contributed by atoms with Crippen LogP contribution in [0.1, 0.15) is 26.3 Å². The predicted molar refractivity (Wildman–Crippen MR) is 109 cm³/mol. The fourth-order valence-electron chi connectivity index (χ4n) is 3.39. The summed E-state index contributed by atoms with van der Waals surface area (Å²) >= 11 is 0. The van der Waals surface area contributed by atoms with Crippen LogP contribution in [0.25, 0.3) is 33.4 Å². The number of aldehydes is 1. The van der Waals surface area contributed by atoms with Gasteiger partial charge in [0, 0.05) is 10.9 Å². The highest BCUT2D eigenvalue weighted by molar-refractivity contribution is 6.04. The highest BCUT2D eigenvalue weighted by Gasteiger charge is 2.17. The third-order valence-corrected chi connectivity index (χ3v) is 4.92. The third-order valence-electron chi connectivity index (χ3n) is 4.92. The van der Waals surface area contributed by atoms with Crippen LogP contribution in [0.3, 0.4) is 0 Å². The fraction of sp³-hybridized carbons (Fsp3) is 0.0833. The highest BCUT2D eigenvalue weighted by atomic mass is 19.1. The SMILES string of the molecule is COC(=O)c1ccc(C)c(-c2ccc3oc(-c4ccc(F)cc4)c(C=O)c3c2)c1. The minimum Gasteiger partial charge on any atom is -0.465 e. The number of aryl methyl sites for hydroxylation is 1. The number of halogens is 1. The minimum atomic E-state index is -0.414. The van der Waals surface area contributed by atoms with Gasteiger partial charge in [0.2, 0.25) is 0 Å². The molecular formula is C24H17FO4. The van der Waals surface area contributed by atoms with Crippen molar-refractivity contribution in [3.05, 3.63) is 83.2 Å². The second kappa shape index (κ2) is 7.36. The van der Waals surface area contributed by atoms with Gasteiger partial charge >= 0.3 is 5.97 Å². The average molecular weight is 388 g/mol. The van der Waals surface area contributed by atoms with E-state index in [-0.39, 0.29) is 5.82 Å². The van der Waals surface area contributed by atoms with Gasteiger partial charge < -0.3 is 9.15 Å². The van der Waals surface area contributed by atoms with Crippen LogP contribution >= 0.6 is 0 Å². The Bertz CT molecular complexity index is 1240. The molecule has 144 valence electrons. The van der Waals surface area contributed by atoms with Crippen molar-refractivity contribution in [1.29, 1.82) is 0 Å². The Morgan fingerprint density at radius 1 is 1.00 bits per heavy atom. The molecule has 0 saturated carbocycles. The lowest BCUT2D eigenvalue weighted by Crippen LogP contribution is -2.01. The molecule has 0 saturated heterocycles. The summed E-state index contributed by atoms with van der Waals surface area (Å²) in [7, 11) is 1.34. The van der Waals surface area contributed by atoms with Gasteiger partial charge in [-0.3, -0.25) is 4.79 Å².